The number of nitrogens with two attached hydrogens (primary N) is 1. The second-order valence-electron chi connectivity index (χ2n) is 4.26. The van der Waals surface area contributed by atoms with Gasteiger partial charge in [0.2, 0.25) is 0 Å². The third-order valence-electron chi connectivity index (χ3n) is 2.93. The van der Waals surface area contributed by atoms with Crippen LogP contribution in [0.1, 0.15) is 22.7 Å². The maximum absolute atomic E-state index is 6.22. The van der Waals surface area contributed by atoms with Crippen LogP contribution >= 0.6 is 23.2 Å². The van der Waals surface area contributed by atoms with Gasteiger partial charge >= 0.3 is 0 Å². The molecule has 94 valence electrons. The minimum Gasteiger partial charge on any atom is -0.324 e. The van der Waals surface area contributed by atoms with Gasteiger partial charge in [0.1, 0.15) is 0 Å². The Morgan fingerprint density at radius 3 is 2.78 bits per heavy atom. The normalized spacial score (nSPS) is 12.4. The Hall–Kier alpha value is -1.09. The van der Waals surface area contributed by atoms with Crippen molar-refractivity contribution >= 4 is 23.2 Å². The molecule has 0 saturated heterocycles. The van der Waals surface area contributed by atoms with E-state index >= 15 is 0 Å². The smallest absolute Gasteiger partial charge is 0.0624 e. The molecule has 4 heteroatoms. The van der Waals surface area contributed by atoms with E-state index in [1.165, 1.54) is 0 Å². The summed E-state index contributed by atoms with van der Waals surface area (Å²) in [6.07, 6.45) is 4.22. The van der Waals surface area contributed by atoms with Crippen molar-refractivity contribution in [2.24, 2.45) is 5.73 Å². The van der Waals surface area contributed by atoms with Crippen molar-refractivity contribution in [3.05, 3.63) is 63.4 Å². The summed E-state index contributed by atoms with van der Waals surface area (Å²) in [5, 5.41) is 1.15. The molecule has 0 amide bonds. The minimum atomic E-state index is -0.107. The Balaban J connectivity index is 2.24. The largest absolute Gasteiger partial charge is 0.324 e. The maximum Gasteiger partial charge on any atom is 0.0624 e. The van der Waals surface area contributed by atoms with Crippen LogP contribution < -0.4 is 5.73 Å². The fourth-order valence-electron chi connectivity index (χ4n) is 1.95. The number of aryl methyl sites for hydroxylation is 1. The lowest BCUT2D eigenvalue weighted by atomic mass is 9.97. The highest BCUT2D eigenvalue weighted by Crippen LogP contribution is 2.29. The van der Waals surface area contributed by atoms with E-state index in [2.05, 4.69) is 4.98 Å². The van der Waals surface area contributed by atoms with Crippen LogP contribution in [0.15, 0.2) is 36.7 Å². The molecule has 2 nitrogen and oxygen atoms in total. The lowest BCUT2D eigenvalue weighted by Crippen LogP contribution is -2.15. The standard InChI is InChI=1S/C14H14Cl2N2/c1-9-8-18-6-5-11(9)13(17)7-10-3-2-4-12(15)14(10)16/h2-6,8,13H,7,17H2,1H3. The lowest BCUT2D eigenvalue weighted by Gasteiger charge is -2.15. The fourth-order valence-corrected chi connectivity index (χ4v) is 2.35. The molecule has 1 atom stereocenters. The third kappa shape index (κ3) is 2.83. The maximum atomic E-state index is 6.22. The van der Waals surface area contributed by atoms with Gasteiger partial charge in [0.15, 0.2) is 0 Å². The SMILES string of the molecule is Cc1cnccc1C(N)Cc1cccc(Cl)c1Cl. The second-order valence-corrected chi connectivity index (χ2v) is 5.04. The summed E-state index contributed by atoms with van der Waals surface area (Å²) >= 11 is 12.2. The van der Waals surface area contributed by atoms with Gasteiger partial charge in [0.25, 0.3) is 0 Å². The zero-order valence-corrected chi connectivity index (χ0v) is 11.5. The summed E-state index contributed by atoms with van der Waals surface area (Å²) in [5.74, 6) is 0. The summed E-state index contributed by atoms with van der Waals surface area (Å²) in [6, 6.07) is 7.44. The fraction of sp³-hybridized carbons (Fsp3) is 0.214. The second kappa shape index (κ2) is 5.70. The molecule has 0 radical (unpaired) electrons. The molecular weight excluding hydrogens is 267 g/mol. The van der Waals surface area contributed by atoms with E-state index in [1.807, 2.05) is 31.3 Å². The van der Waals surface area contributed by atoms with Crippen molar-refractivity contribution in [3.63, 3.8) is 0 Å². The molecule has 0 saturated carbocycles. The molecular formula is C14H14Cl2N2. The van der Waals surface area contributed by atoms with Gasteiger partial charge in [-0.1, -0.05) is 35.3 Å². The van der Waals surface area contributed by atoms with E-state index in [4.69, 9.17) is 28.9 Å². The van der Waals surface area contributed by atoms with E-state index in [1.54, 1.807) is 12.3 Å². The van der Waals surface area contributed by atoms with Gasteiger partial charge in [0, 0.05) is 18.4 Å². The molecule has 0 aliphatic carbocycles. The lowest BCUT2D eigenvalue weighted by molar-refractivity contribution is 0.715. The van der Waals surface area contributed by atoms with Crippen molar-refractivity contribution in [2.45, 2.75) is 19.4 Å². The molecule has 1 aromatic heterocycles. The summed E-state index contributed by atoms with van der Waals surface area (Å²) < 4.78 is 0. The zero-order chi connectivity index (χ0) is 13.1. The molecule has 18 heavy (non-hydrogen) atoms. The summed E-state index contributed by atoms with van der Waals surface area (Å²) in [4.78, 5) is 4.06. The number of aromatic nitrogens is 1. The third-order valence-corrected chi connectivity index (χ3v) is 3.79. The van der Waals surface area contributed by atoms with Crippen LogP contribution in [0.3, 0.4) is 0 Å². The van der Waals surface area contributed by atoms with Crippen molar-refractivity contribution in [1.29, 1.82) is 0 Å². The van der Waals surface area contributed by atoms with Crippen LogP contribution in [0.5, 0.6) is 0 Å². The van der Waals surface area contributed by atoms with Gasteiger partial charge in [0.05, 0.1) is 10.0 Å². The van der Waals surface area contributed by atoms with Gasteiger partial charge < -0.3 is 5.73 Å². The van der Waals surface area contributed by atoms with Crippen LogP contribution in [0.4, 0.5) is 0 Å². The monoisotopic (exact) mass is 280 g/mol. The van der Waals surface area contributed by atoms with Crippen LogP contribution in [0.25, 0.3) is 0 Å². The minimum absolute atomic E-state index is 0.107. The first kappa shape index (κ1) is 13.3. The Bertz CT molecular complexity index is 555. The highest BCUT2D eigenvalue weighted by atomic mass is 35.5. The first-order chi connectivity index (χ1) is 8.59. The number of nitrogens with zero attached hydrogens (tertiary/aromatic N) is 1. The van der Waals surface area contributed by atoms with Crippen LogP contribution in [-0.4, -0.2) is 4.98 Å². The molecule has 0 aliphatic heterocycles. The first-order valence-electron chi connectivity index (χ1n) is 5.68. The van der Waals surface area contributed by atoms with Gasteiger partial charge in [-0.3, -0.25) is 4.98 Å². The number of halogens is 2. The molecule has 0 bridgehead atoms. The van der Waals surface area contributed by atoms with Crippen molar-refractivity contribution in [2.75, 3.05) is 0 Å². The number of hydrogen-bond donors (Lipinski definition) is 1. The molecule has 1 unspecified atom stereocenters. The highest BCUT2D eigenvalue weighted by molar-refractivity contribution is 6.42. The zero-order valence-electron chi connectivity index (χ0n) is 10.0. The Labute approximate surface area is 117 Å². The average molecular weight is 281 g/mol. The van der Waals surface area contributed by atoms with Crippen LogP contribution in [0, 0.1) is 6.92 Å². The number of pyridine rings is 1. The Morgan fingerprint density at radius 1 is 1.28 bits per heavy atom. The average Bonchev–Trinajstić information content (AvgIpc) is 2.35. The van der Waals surface area contributed by atoms with E-state index in [0.29, 0.717) is 16.5 Å². The van der Waals surface area contributed by atoms with Gasteiger partial charge in [-0.15, -0.1) is 0 Å². The summed E-state index contributed by atoms with van der Waals surface area (Å²) in [7, 11) is 0. The van der Waals surface area contributed by atoms with Crippen molar-refractivity contribution < 1.29 is 0 Å². The van der Waals surface area contributed by atoms with Crippen LogP contribution in [0.2, 0.25) is 10.0 Å². The van der Waals surface area contributed by atoms with Crippen LogP contribution in [-0.2, 0) is 6.42 Å². The number of hydrogen-bond acceptors (Lipinski definition) is 2. The molecule has 1 heterocycles. The van der Waals surface area contributed by atoms with Crippen molar-refractivity contribution in [3.8, 4) is 0 Å². The molecule has 2 N–H and O–H groups in total. The quantitative estimate of drug-likeness (QED) is 0.925. The molecule has 2 aromatic rings. The predicted octanol–water partition coefficient (Wildman–Crippen LogP) is 3.94. The number of benzene rings is 1. The first-order valence-corrected chi connectivity index (χ1v) is 6.44. The van der Waals surface area contributed by atoms with Gasteiger partial charge in [-0.05, 0) is 42.2 Å². The molecule has 2 rings (SSSR count). The Kier molecular flexibility index (Phi) is 4.23. The van der Waals surface area contributed by atoms with Gasteiger partial charge in [-0.2, -0.15) is 0 Å². The molecule has 0 spiro atoms. The van der Waals surface area contributed by atoms with E-state index in [-0.39, 0.29) is 6.04 Å². The van der Waals surface area contributed by atoms with E-state index in [9.17, 15) is 0 Å². The molecule has 0 aliphatic rings. The van der Waals surface area contributed by atoms with E-state index < -0.39 is 0 Å². The van der Waals surface area contributed by atoms with E-state index in [0.717, 1.165) is 16.7 Å². The molecule has 0 fully saturated rings. The molecule has 1 aromatic carbocycles. The number of rotatable bonds is 3. The van der Waals surface area contributed by atoms with Crippen molar-refractivity contribution in [1.82, 2.24) is 4.98 Å². The topological polar surface area (TPSA) is 38.9 Å². The predicted molar refractivity (Wildman–Crippen MR) is 76.1 cm³/mol. The highest BCUT2D eigenvalue weighted by Gasteiger charge is 2.12. The summed E-state index contributed by atoms with van der Waals surface area (Å²) in [5.41, 5.74) is 9.35. The van der Waals surface area contributed by atoms with Gasteiger partial charge in [-0.25, -0.2) is 0 Å². The summed E-state index contributed by atoms with van der Waals surface area (Å²) in [6.45, 7) is 2.00. The Morgan fingerprint density at radius 2 is 2.06 bits per heavy atom.